The average molecular weight is 409 g/mol. The molecule has 1 saturated heterocycles. The second-order valence-electron chi connectivity index (χ2n) is 6.94. The summed E-state index contributed by atoms with van der Waals surface area (Å²) in [5.74, 6) is -4.39. The third-order valence-corrected chi connectivity index (χ3v) is 4.97. The number of fused-ring (bicyclic) bond motifs is 1. The molecule has 29 heavy (non-hydrogen) atoms. The largest absolute Gasteiger partial charge is 0.449 e. The highest BCUT2D eigenvalue weighted by Crippen LogP contribution is 2.29. The number of hydrogen-bond acceptors (Lipinski definition) is 4. The van der Waals surface area contributed by atoms with Gasteiger partial charge in [0.2, 0.25) is 0 Å². The van der Waals surface area contributed by atoms with E-state index in [-0.39, 0.29) is 18.3 Å². The third kappa shape index (κ3) is 3.47. The Labute approximate surface area is 163 Å². The van der Waals surface area contributed by atoms with Gasteiger partial charge in [0, 0.05) is 24.4 Å². The van der Waals surface area contributed by atoms with Crippen molar-refractivity contribution in [3.8, 4) is 0 Å². The van der Waals surface area contributed by atoms with E-state index >= 15 is 0 Å². The van der Waals surface area contributed by atoms with Gasteiger partial charge < -0.3 is 15.0 Å². The number of carbonyl (C=O) groups is 2. The molecule has 11 heteroatoms. The maximum Gasteiger partial charge on any atom is 0.414 e. The van der Waals surface area contributed by atoms with Gasteiger partial charge in [0.15, 0.2) is 17.5 Å². The van der Waals surface area contributed by atoms with Gasteiger partial charge in [0.05, 0.1) is 43.3 Å². The molecule has 8 nitrogen and oxygen atoms in total. The molecule has 1 atom stereocenters. The van der Waals surface area contributed by atoms with Gasteiger partial charge in [-0.15, -0.1) is 0 Å². The molecule has 0 saturated carbocycles. The Bertz CT molecular complexity index is 957. The lowest BCUT2D eigenvalue weighted by Crippen LogP contribution is -2.47. The highest BCUT2D eigenvalue weighted by atomic mass is 19.2. The molecule has 0 unspecified atom stereocenters. The number of nitrogens with zero attached hydrogens (tertiary/aromatic N) is 4. The summed E-state index contributed by atoms with van der Waals surface area (Å²) < 4.78 is 46.7. The molecule has 4 rings (SSSR count). The van der Waals surface area contributed by atoms with Crippen molar-refractivity contribution in [2.24, 2.45) is 0 Å². The molecule has 2 aliphatic heterocycles. The smallest absolute Gasteiger partial charge is 0.414 e. The zero-order chi connectivity index (χ0) is 20.7. The minimum absolute atomic E-state index is 0.123. The van der Waals surface area contributed by atoms with E-state index in [1.807, 2.05) is 0 Å². The fourth-order valence-corrected chi connectivity index (χ4v) is 3.48. The topological polar surface area (TPSA) is 79.7 Å². The van der Waals surface area contributed by atoms with Gasteiger partial charge in [-0.25, -0.2) is 22.8 Å². The van der Waals surface area contributed by atoms with Crippen LogP contribution in [0.15, 0.2) is 18.3 Å². The molecule has 0 spiro atoms. The molecule has 3 heterocycles. The lowest BCUT2D eigenvalue weighted by atomic mass is 10.2. The molecule has 1 aromatic carbocycles. The number of rotatable bonds is 2. The van der Waals surface area contributed by atoms with Gasteiger partial charge in [-0.2, -0.15) is 5.10 Å². The first-order valence-electron chi connectivity index (χ1n) is 9.06. The van der Waals surface area contributed by atoms with E-state index < -0.39 is 29.6 Å². The molecule has 0 radical (unpaired) electrons. The lowest BCUT2D eigenvalue weighted by Gasteiger charge is -2.35. The number of anilines is 2. The summed E-state index contributed by atoms with van der Waals surface area (Å²) >= 11 is 0. The summed E-state index contributed by atoms with van der Waals surface area (Å²) in [6.07, 6.45) is 1.76. The zero-order valence-electron chi connectivity index (χ0n) is 15.5. The van der Waals surface area contributed by atoms with Crippen molar-refractivity contribution < 1.29 is 27.5 Å². The van der Waals surface area contributed by atoms with E-state index in [1.165, 1.54) is 9.80 Å². The molecule has 2 aliphatic rings. The Morgan fingerprint density at radius 2 is 2.00 bits per heavy atom. The van der Waals surface area contributed by atoms with Crippen LogP contribution in [0.3, 0.4) is 0 Å². The van der Waals surface area contributed by atoms with Crippen LogP contribution in [0.25, 0.3) is 0 Å². The monoisotopic (exact) mass is 409 g/mol. The van der Waals surface area contributed by atoms with Crippen LogP contribution in [-0.2, 0) is 17.8 Å². The van der Waals surface area contributed by atoms with E-state index in [9.17, 15) is 22.8 Å². The number of nitrogens with one attached hydrogen (secondary N) is 1. The van der Waals surface area contributed by atoms with Crippen LogP contribution in [0.4, 0.5) is 34.1 Å². The van der Waals surface area contributed by atoms with Crippen LogP contribution < -0.4 is 10.2 Å². The standard InChI is InChI=1S/C18H18F3N5O3/c1-10-8-26-15(14(7-22-26)24-3-2-4-29-18(24)28)9-25(10)17(27)23-11-5-12(19)16(21)13(20)6-11/h5-7,10H,2-4,8-9H2,1H3,(H,23,27)/t10-/m0/s1. The molecule has 3 amide bonds. The van der Waals surface area contributed by atoms with Gasteiger partial charge in [0.1, 0.15) is 0 Å². The van der Waals surface area contributed by atoms with Crippen LogP contribution >= 0.6 is 0 Å². The molecular weight excluding hydrogens is 391 g/mol. The van der Waals surface area contributed by atoms with Gasteiger partial charge in [-0.1, -0.05) is 0 Å². The molecule has 1 N–H and O–H groups in total. The van der Waals surface area contributed by atoms with Crippen molar-refractivity contribution in [3.05, 3.63) is 41.5 Å². The maximum absolute atomic E-state index is 13.4. The Hall–Kier alpha value is -3.24. The Kier molecular flexibility index (Phi) is 4.81. The Morgan fingerprint density at radius 3 is 2.69 bits per heavy atom. The second-order valence-corrected chi connectivity index (χ2v) is 6.94. The highest BCUT2D eigenvalue weighted by molar-refractivity contribution is 5.91. The van der Waals surface area contributed by atoms with Crippen LogP contribution in [0, 0.1) is 17.5 Å². The second kappa shape index (κ2) is 7.30. The van der Waals surface area contributed by atoms with Gasteiger partial charge in [-0.3, -0.25) is 9.58 Å². The van der Waals surface area contributed by atoms with Gasteiger partial charge in [-0.05, 0) is 13.3 Å². The molecule has 2 aromatic rings. The van der Waals surface area contributed by atoms with Crippen molar-refractivity contribution in [3.63, 3.8) is 0 Å². The molecular formula is C18H18F3N5O3. The first-order valence-corrected chi connectivity index (χ1v) is 9.06. The number of amides is 3. The van der Waals surface area contributed by atoms with Crippen molar-refractivity contribution in [2.45, 2.75) is 32.5 Å². The SMILES string of the molecule is C[C@H]1Cn2ncc(N3CCCOC3=O)c2CN1C(=O)Nc1cc(F)c(F)c(F)c1. The minimum atomic E-state index is -1.60. The third-order valence-electron chi connectivity index (χ3n) is 4.97. The van der Waals surface area contributed by atoms with Gasteiger partial charge in [0.25, 0.3) is 0 Å². The summed E-state index contributed by atoms with van der Waals surface area (Å²) in [6, 6.07) is 0.538. The van der Waals surface area contributed by atoms with Crippen molar-refractivity contribution in [2.75, 3.05) is 23.4 Å². The van der Waals surface area contributed by atoms with E-state index in [4.69, 9.17) is 4.74 Å². The number of cyclic esters (lactones) is 1. The fraction of sp³-hybridized carbons (Fsp3) is 0.389. The minimum Gasteiger partial charge on any atom is -0.449 e. The van der Waals surface area contributed by atoms with Crippen molar-refractivity contribution in [1.29, 1.82) is 0 Å². The van der Waals surface area contributed by atoms with Crippen LogP contribution in [-0.4, -0.2) is 46.0 Å². The maximum atomic E-state index is 13.4. The number of urea groups is 1. The average Bonchev–Trinajstić information content (AvgIpc) is 3.08. The fourth-order valence-electron chi connectivity index (χ4n) is 3.48. The first-order chi connectivity index (χ1) is 13.8. The van der Waals surface area contributed by atoms with E-state index in [1.54, 1.807) is 17.8 Å². The van der Waals surface area contributed by atoms with E-state index in [2.05, 4.69) is 10.4 Å². The predicted molar refractivity (Wildman–Crippen MR) is 95.9 cm³/mol. The summed E-state index contributed by atoms with van der Waals surface area (Å²) in [7, 11) is 0. The summed E-state index contributed by atoms with van der Waals surface area (Å²) in [5, 5.41) is 6.68. The van der Waals surface area contributed by atoms with Crippen molar-refractivity contribution in [1.82, 2.24) is 14.7 Å². The first kappa shape index (κ1) is 19.1. The quantitative estimate of drug-likeness (QED) is 0.774. The molecule has 1 aromatic heterocycles. The Balaban J connectivity index is 1.56. The number of benzene rings is 1. The van der Waals surface area contributed by atoms with Crippen LogP contribution in [0.5, 0.6) is 0 Å². The normalized spacial score (nSPS) is 19.0. The number of hydrogen-bond donors (Lipinski definition) is 1. The predicted octanol–water partition coefficient (Wildman–Crippen LogP) is 3.08. The number of carbonyl (C=O) groups excluding carboxylic acids is 2. The van der Waals surface area contributed by atoms with E-state index in [0.29, 0.717) is 49.6 Å². The summed E-state index contributed by atoms with van der Waals surface area (Å²) in [6.45, 7) is 3.13. The zero-order valence-corrected chi connectivity index (χ0v) is 15.5. The number of aromatic nitrogens is 2. The van der Waals surface area contributed by atoms with E-state index in [0.717, 1.165) is 0 Å². The molecule has 0 aliphatic carbocycles. The summed E-state index contributed by atoms with van der Waals surface area (Å²) in [4.78, 5) is 27.7. The summed E-state index contributed by atoms with van der Waals surface area (Å²) in [5.41, 5.74) is 1.00. The highest BCUT2D eigenvalue weighted by Gasteiger charge is 2.33. The molecule has 154 valence electrons. The lowest BCUT2D eigenvalue weighted by molar-refractivity contribution is 0.139. The van der Waals surface area contributed by atoms with Crippen LogP contribution in [0.1, 0.15) is 19.0 Å². The Morgan fingerprint density at radius 1 is 1.28 bits per heavy atom. The number of halogens is 3. The van der Waals surface area contributed by atoms with Crippen molar-refractivity contribution >= 4 is 23.5 Å². The van der Waals surface area contributed by atoms with Gasteiger partial charge >= 0.3 is 12.1 Å². The molecule has 0 bridgehead atoms. The molecule has 1 fully saturated rings. The van der Waals surface area contributed by atoms with Crippen LogP contribution in [0.2, 0.25) is 0 Å². The number of ether oxygens (including phenoxy) is 1.